The van der Waals surface area contributed by atoms with Crippen LogP contribution >= 0.6 is 22.6 Å². The van der Waals surface area contributed by atoms with Crippen molar-refractivity contribution in [1.82, 2.24) is 0 Å². The number of ether oxygens (including phenoxy) is 1. The molecular formula is C12H14INO. The molecule has 0 atom stereocenters. The molecule has 80 valence electrons. The second-order valence-electron chi connectivity index (χ2n) is 4.60. The molecule has 2 nitrogen and oxygen atoms in total. The van der Waals surface area contributed by atoms with E-state index in [1.54, 1.807) is 0 Å². The lowest BCUT2D eigenvalue weighted by molar-refractivity contribution is 0.197. The Labute approximate surface area is 104 Å². The average molecular weight is 315 g/mol. The second kappa shape index (κ2) is 4.84. The summed E-state index contributed by atoms with van der Waals surface area (Å²) in [5.41, 5.74) is 0.710. The fraction of sp³-hybridized carbons (Fsp3) is 0.417. The van der Waals surface area contributed by atoms with Gasteiger partial charge in [0.1, 0.15) is 11.8 Å². The van der Waals surface area contributed by atoms with Crippen LogP contribution in [0.1, 0.15) is 26.3 Å². The lowest BCUT2D eigenvalue weighted by atomic mass is 9.99. The molecule has 0 heterocycles. The minimum atomic E-state index is 0.107. The van der Waals surface area contributed by atoms with Gasteiger partial charge in [0.2, 0.25) is 0 Å². The van der Waals surface area contributed by atoms with Crippen molar-refractivity contribution in [3.63, 3.8) is 0 Å². The van der Waals surface area contributed by atoms with Crippen LogP contribution < -0.4 is 4.74 Å². The van der Waals surface area contributed by atoms with Crippen molar-refractivity contribution in [1.29, 1.82) is 5.26 Å². The summed E-state index contributed by atoms with van der Waals surface area (Å²) >= 11 is 2.18. The Morgan fingerprint density at radius 2 is 2.07 bits per heavy atom. The van der Waals surface area contributed by atoms with Gasteiger partial charge in [-0.25, -0.2) is 0 Å². The molecule has 0 fully saturated rings. The van der Waals surface area contributed by atoms with E-state index < -0.39 is 0 Å². The van der Waals surface area contributed by atoms with Crippen LogP contribution in [0.25, 0.3) is 0 Å². The van der Waals surface area contributed by atoms with Gasteiger partial charge in [0.05, 0.1) is 12.2 Å². The summed E-state index contributed by atoms with van der Waals surface area (Å²) in [6.45, 7) is 6.92. The van der Waals surface area contributed by atoms with E-state index in [1.165, 1.54) is 0 Å². The summed E-state index contributed by atoms with van der Waals surface area (Å²) in [4.78, 5) is 0. The molecule has 0 unspecified atom stereocenters. The highest BCUT2D eigenvalue weighted by molar-refractivity contribution is 14.1. The topological polar surface area (TPSA) is 33.0 Å². The van der Waals surface area contributed by atoms with Crippen molar-refractivity contribution in [2.75, 3.05) is 6.61 Å². The maximum atomic E-state index is 8.94. The van der Waals surface area contributed by atoms with Crippen molar-refractivity contribution in [2.45, 2.75) is 20.8 Å². The van der Waals surface area contributed by atoms with E-state index in [2.05, 4.69) is 49.4 Å². The van der Waals surface area contributed by atoms with Crippen molar-refractivity contribution in [2.24, 2.45) is 5.41 Å². The van der Waals surface area contributed by atoms with E-state index in [4.69, 9.17) is 10.00 Å². The van der Waals surface area contributed by atoms with Crippen LogP contribution in [-0.2, 0) is 0 Å². The molecule has 0 N–H and O–H groups in total. The number of nitrogens with zero attached hydrogens (tertiary/aromatic N) is 1. The number of benzene rings is 1. The number of rotatable bonds is 2. The molecule has 0 saturated heterocycles. The monoisotopic (exact) mass is 315 g/mol. The van der Waals surface area contributed by atoms with E-state index in [1.807, 2.05) is 18.2 Å². The summed E-state index contributed by atoms with van der Waals surface area (Å²) in [5, 5.41) is 8.94. The van der Waals surface area contributed by atoms with Gasteiger partial charge in [-0.3, -0.25) is 0 Å². The number of hydrogen-bond donors (Lipinski definition) is 0. The third-order valence-corrected chi connectivity index (χ3v) is 2.39. The van der Waals surface area contributed by atoms with Crippen molar-refractivity contribution in [3.8, 4) is 11.8 Å². The Morgan fingerprint density at radius 3 is 2.60 bits per heavy atom. The fourth-order valence-corrected chi connectivity index (χ4v) is 1.50. The average Bonchev–Trinajstić information content (AvgIpc) is 2.14. The molecule has 1 aromatic carbocycles. The van der Waals surface area contributed by atoms with E-state index >= 15 is 0 Å². The number of hydrogen-bond acceptors (Lipinski definition) is 2. The maximum absolute atomic E-state index is 8.94. The van der Waals surface area contributed by atoms with E-state index in [-0.39, 0.29) is 5.41 Å². The quantitative estimate of drug-likeness (QED) is 0.782. The summed E-state index contributed by atoms with van der Waals surface area (Å²) in [6, 6.07) is 7.77. The van der Waals surface area contributed by atoms with Crippen LogP contribution in [0.15, 0.2) is 18.2 Å². The van der Waals surface area contributed by atoms with Crippen LogP contribution in [0.3, 0.4) is 0 Å². The molecule has 1 aromatic rings. The Balaban J connectivity index is 2.82. The molecule has 15 heavy (non-hydrogen) atoms. The van der Waals surface area contributed by atoms with E-state index in [0.717, 1.165) is 3.57 Å². The third kappa shape index (κ3) is 4.08. The SMILES string of the molecule is CC(C)(C)COc1ccc(I)cc1C#N. The van der Waals surface area contributed by atoms with Gasteiger partial charge >= 0.3 is 0 Å². The zero-order chi connectivity index (χ0) is 11.5. The lowest BCUT2D eigenvalue weighted by Crippen LogP contribution is -2.17. The van der Waals surface area contributed by atoms with Gasteiger partial charge in [0, 0.05) is 3.57 Å². The molecule has 0 spiro atoms. The van der Waals surface area contributed by atoms with Gasteiger partial charge in [0.15, 0.2) is 0 Å². The molecule has 0 bridgehead atoms. The van der Waals surface area contributed by atoms with Crippen molar-refractivity contribution < 1.29 is 4.74 Å². The number of nitriles is 1. The van der Waals surface area contributed by atoms with Crippen LogP contribution in [0.2, 0.25) is 0 Å². The van der Waals surface area contributed by atoms with Gasteiger partial charge in [-0.2, -0.15) is 5.26 Å². The van der Waals surface area contributed by atoms with Gasteiger partial charge < -0.3 is 4.74 Å². The zero-order valence-electron chi connectivity index (χ0n) is 9.17. The first kappa shape index (κ1) is 12.3. The van der Waals surface area contributed by atoms with Crippen molar-refractivity contribution >= 4 is 22.6 Å². The first-order valence-corrected chi connectivity index (χ1v) is 5.83. The standard InChI is InChI=1S/C12H14INO/c1-12(2,3)8-15-11-5-4-10(13)6-9(11)7-14/h4-6H,8H2,1-3H3. The molecule has 3 heteroatoms. The predicted octanol–water partition coefficient (Wildman–Crippen LogP) is 3.59. The molecule has 0 radical (unpaired) electrons. The summed E-state index contributed by atoms with van der Waals surface area (Å²) in [5.74, 6) is 0.674. The Bertz CT molecular complexity index is 388. The van der Waals surface area contributed by atoms with Gasteiger partial charge in [0.25, 0.3) is 0 Å². The molecule has 1 rings (SSSR count). The second-order valence-corrected chi connectivity index (χ2v) is 5.85. The molecule has 0 aliphatic heterocycles. The van der Waals surface area contributed by atoms with Crippen LogP contribution in [-0.4, -0.2) is 6.61 Å². The minimum absolute atomic E-state index is 0.107. The smallest absolute Gasteiger partial charge is 0.137 e. The van der Waals surface area contributed by atoms with Gasteiger partial charge in [-0.05, 0) is 46.2 Å². The highest BCUT2D eigenvalue weighted by Crippen LogP contribution is 2.23. The Kier molecular flexibility index (Phi) is 3.97. The number of halogens is 1. The van der Waals surface area contributed by atoms with Crippen LogP contribution in [0.5, 0.6) is 5.75 Å². The van der Waals surface area contributed by atoms with Gasteiger partial charge in [-0.1, -0.05) is 20.8 Å². The highest BCUT2D eigenvalue weighted by atomic mass is 127. The first-order valence-electron chi connectivity index (χ1n) is 4.75. The molecule has 0 amide bonds. The molecule has 0 aliphatic carbocycles. The fourth-order valence-electron chi connectivity index (χ4n) is 1.01. The maximum Gasteiger partial charge on any atom is 0.137 e. The van der Waals surface area contributed by atoms with E-state index in [0.29, 0.717) is 17.9 Å². The van der Waals surface area contributed by atoms with E-state index in [9.17, 15) is 0 Å². The molecular weight excluding hydrogens is 301 g/mol. The highest BCUT2D eigenvalue weighted by Gasteiger charge is 2.12. The van der Waals surface area contributed by atoms with Crippen molar-refractivity contribution in [3.05, 3.63) is 27.3 Å². The van der Waals surface area contributed by atoms with Gasteiger partial charge in [-0.15, -0.1) is 0 Å². The Hall–Kier alpha value is -0.760. The Morgan fingerprint density at radius 1 is 1.40 bits per heavy atom. The summed E-state index contributed by atoms with van der Waals surface area (Å²) in [6.07, 6.45) is 0. The minimum Gasteiger partial charge on any atom is -0.492 e. The lowest BCUT2D eigenvalue weighted by Gasteiger charge is -2.19. The third-order valence-electron chi connectivity index (χ3n) is 1.72. The largest absolute Gasteiger partial charge is 0.492 e. The predicted molar refractivity (Wildman–Crippen MR) is 68.8 cm³/mol. The van der Waals surface area contributed by atoms with Crippen LogP contribution in [0, 0.1) is 20.3 Å². The van der Waals surface area contributed by atoms with Crippen LogP contribution in [0.4, 0.5) is 0 Å². The summed E-state index contributed by atoms with van der Waals surface area (Å²) in [7, 11) is 0. The molecule has 0 aromatic heterocycles. The summed E-state index contributed by atoms with van der Waals surface area (Å²) < 4.78 is 6.67. The molecule has 0 aliphatic rings. The normalized spacial score (nSPS) is 10.9. The molecule has 0 saturated carbocycles. The first-order chi connectivity index (χ1) is 6.92. The zero-order valence-corrected chi connectivity index (χ0v) is 11.3.